The fourth-order valence-corrected chi connectivity index (χ4v) is 7.81. The molecule has 0 atom stereocenters. The maximum atomic E-state index is 6.82. The molecule has 0 N–H and O–H groups in total. The van der Waals surface area contributed by atoms with Gasteiger partial charge in [-0.3, -0.25) is 4.90 Å². The summed E-state index contributed by atoms with van der Waals surface area (Å²) in [4.78, 5) is 12.0. The van der Waals surface area contributed by atoms with Crippen LogP contribution in [0.2, 0.25) is 0 Å². The molecule has 2 aromatic heterocycles. The number of imidazole rings is 1. The Bertz CT molecular complexity index is 2600. The van der Waals surface area contributed by atoms with Gasteiger partial charge in [0.25, 0.3) is 0 Å². The third-order valence-electron chi connectivity index (χ3n) is 10.3. The van der Waals surface area contributed by atoms with Crippen LogP contribution < -0.4 is 9.64 Å². The number of aryl methyl sites for hydroxylation is 6. The molecule has 0 unspecified atom stereocenters. The summed E-state index contributed by atoms with van der Waals surface area (Å²) in [5.41, 5.74) is 16.9. The van der Waals surface area contributed by atoms with E-state index in [0.29, 0.717) is 0 Å². The van der Waals surface area contributed by atoms with Crippen LogP contribution >= 0.6 is 0 Å². The van der Waals surface area contributed by atoms with Crippen LogP contribution in [0.1, 0.15) is 33.4 Å². The monoisotopic (exact) mass is 716 g/mol. The van der Waals surface area contributed by atoms with E-state index in [9.17, 15) is 0 Å². The molecule has 0 aliphatic carbocycles. The summed E-state index contributed by atoms with van der Waals surface area (Å²) in [7, 11) is 0. The minimum absolute atomic E-state index is 0.718. The average Bonchev–Trinajstić information content (AvgIpc) is 3.66. The largest absolute Gasteiger partial charge is 0.457 e. The van der Waals surface area contributed by atoms with E-state index in [1.807, 2.05) is 30.7 Å². The molecule has 0 fully saturated rings. The lowest BCUT2D eigenvalue weighted by Gasteiger charge is -2.25. The molecule has 270 valence electrons. The standard InChI is InChI=1S/C50H44N4O/c1-33-14-10-15-34(2)48(33)39-24-25-51-47(29-39)54(42-20-8-7-9-21-42)43-22-13-23-44(30-43)55-45-27-40(26-41(28-45)49-35(3)16-11-17-36(49)4)46-31-53(32-52-46)50-37(5)18-12-19-38(50)6/h7-32H,1-6H3. The lowest BCUT2D eigenvalue weighted by atomic mass is 9.94. The van der Waals surface area contributed by atoms with Gasteiger partial charge in [-0.25, -0.2) is 9.97 Å². The Balaban J connectivity index is 1.21. The second-order valence-electron chi connectivity index (χ2n) is 14.4. The van der Waals surface area contributed by atoms with Crippen molar-refractivity contribution in [3.05, 3.63) is 192 Å². The number of pyridine rings is 1. The molecule has 5 nitrogen and oxygen atoms in total. The van der Waals surface area contributed by atoms with Crippen LogP contribution in [0.5, 0.6) is 11.5 Å². The molecule has 0 saturated carbocycles. The molecule has 8 aromatic rings. The predicted molar refractivity (Wildman–Crippen MR) is 227 cm³/mol. The van der Waals surface area contributed by atoms with Crippen LogP contribution in [0.4, 0.5) is 17.2 Å². The maximum Gasteiger partial charge on any atom is 0.138 e. The highest BCUT2D eigenvalue weighted by Gasteiger charge is 2.18. The molecule has 0 amide bonds. The molecule has 0 bridgehead atoms. The minimum atomic E-state index is 0.718. The Morgan fingerprint density at radius 3 is 1.73 bits per heavy atom. The zero-order valence-corrected chi connectivity index (χ0v) is 32.2. The summed E-state index contributed by atoms with van der Waals surface area (Å²) in [5.74, 6) is 2.27. The van der Waals surface area contributed by atoms with Gasteiger partial charge < -0.3 is 9.30 Å². The Morgan fingerprint density at radius 1 is 0.473 bits per heavy atom. The fourth-order valence-electron chi connectivity index (χ4n) is 7.81. The molecule has 6 aromatic carbocycles. The molecule has 5 heteroatoms. The smallest absolute Gasteiger partial charge is 0.138 e. The molecule has 0 saturated heterocycles. The average molecular weight is 717 g/mol. The molecule has 2 heterocycles. The zero-order valence-electron chi connectivity index (χ0n) is 32.2. The van der Waals surface area contributed by atoms with Crippen molar-refractivity contribution in [1.82, 2.24) is 14.5 Å². The van der Waals surface area contributed by atoms with E-state index in [4.69, 9.17) is 14.7 Å². The van der Waals surface area contributed by atoms with Gasteiger partial charge in [0.15, 0.2) is 0 Å². The first-order valence-electron chi connectivity index (χ1n) is 18.7. The van der Waals surface area contributed by atoms with E-state index in [0.717, 1.165) is 56.8 Å². The highest BCUT2D eigenvalue weighted by Crippen LogP contribution is 2.40. The SMILES string of the molecule is Cc1cccc(C)c1-c1cc(Oc2cccc(N(c3ccccc3)c3cc(-c4c(C)cccc4C)ccn3)c2)cc(-c2cn(-c3c(C)cccc3C)cn2)c1. The Labute approximate surface area is 324 Å². The van der Waals surface area contributed by atoms with Gasteiger partial charge in [0.1, 0.15) is 17.3 Å². The van der Waals surface area contributed by atoms with Crippen LogP contribution in [0.25, 0.3) is 39.2 Å². The topological polar surface area (TPSA) is 43.2 Å². The first kappa shape index (κ1) is 35.3. The molecule has 8 rings (SSSR count). The minimum Gasteiger partial charge on any atom is -0.457 e. The number of para-hydroxylation sites is 2. The van der Waals surface area contributed by atoms with Gasteiger partial charge in [-0.2, -0.15) is 0 Å². The van der Waals surface area contributed by atoms with Crippen LogP contribution in [0, 0.1) is 41.5 Å². The predicted octanol–water partition coefficient (Wildman–Crippen LogP) is 13.4. The van der Waals surface area contributed by atoms with Crippen molar-refractivity contribution in [1.29, 1.82) is 0 Å². The quantitative estimate of drug-likeness (QED) is 0.149. The van der Waals surface area contributed by atoms with E-state index < -0.39 is 0 Å². The number of anilines is 3. The second kappa shape index (κ2) is 15.0. The number of ether oxygens (including phenoxy) is 1. The highest BCUT2D eigenvalue weighted by atomic mass is 16.5. The van der Waals surface area contributed by atoms with Crippen molar-refractivity contribution in [3.8, 4) is 50.7 Å². The normalized spacial score (nSPS) is 11.1. The number of nitrogens with zero attached hydrogens (tertiary/aromatic N) is 4. The molecular weight excluding hydrogens is 673 g/mol. The van der Waals surface area contributed by atoms with Gasteiger partial charge >= 0.3 is 0 Å². The van der Waals surface area contributed by atoms with Gasteiger partial charge in [0.05, 0.1) is 23.4 Å². The molecule has 0 spiro atoms. The third kappa shape index (κ3) is 7.17. The Kier molecular flexibility index (Phi) is 9.61. The van der Waals surface area contributed by atoms with E-state index in [1.54, 1.807) is 0 Å². The third-order valence-corrected chi connectivity index (χ3v) is 10.3. The van der Waals surface area contributed by atoms with Crippen molar-refractivity contribution in [2.75, 3.05) is 4.90 Å². The molecule has 0 aliphatic heterocycles. The van der Waals surface area contributed by atoms with Crippen molar-refractivity contribution in [2.45, 2.75) is 41.5 Å². The first-order chi connectivity index (χ1) is 26.7. The van der Waals surface area contributed by atoms with E-state index >= 15 is 0 Å². The zero-order chi connectivity index (χ0) is 38.1. The summed E-state index contributed by atoms with van der Waals surface area (Å²) in [6.45, 7) is 12.9. The van der Waals surface area contributed by atoms with Gasteiger partial charge in [-0.1, -0.05) is 78.9 Å². The van der Waals surface area contributed by atoms with Gasteiger partial charge in [0.2, 0.25) is 0 Å². The van der Waals surface area contributed by atoms with Gasteiger partial charge in [-0.05, 0) is 152 Å². The number of hydrogen-bond donors (Lipinski definition) is 0. The van der Waals surface area contributed by atoms with Crippen LogP contribution in [0.3, 0.4) is 0 Å². The number of hydrogen-bond acceptors (Lipinski definition) is 4. The van der Waals surface area contributed by atoms with E-state index in [1.165, 1.54) is 44.5 Å². The van der Waals surface area contributed by atoms with Crippen LogP contribution in [-0.4, -0.2) is 14.5 Å². The van der Waals surface area contributed by atoms with Crippen LogP contribution in [0.15, 0.2) is 158 Å². The van der Waals surface area contributed by atoms with Crippen molar-refractivity contribution in [2.24, 2.45) is 0 Å². The highest BCUT2D eigenvalue weighted by molar-refractivity contribution is 5.81. The summed E-state index contributed by atoms with van der Waals surface area (Å²) >= 11 is 0. The van der Waals surface area contributed by atoms with Crippen molar-refractivity contribution in [3.63, 3.8) is 0 Å². The second-order valence-corrected chi connectivity index (χ2v) is 14.4. The molecular formula is C50H44N4O. The summed E-state index contributed by atoms with van der Waals surface area (Å²) in [6.07, 6.45) is 5.91. The molecule has 0 radical (unpaired) electrons. The number of benzene rings is 6. The van der Waals surface area contributed by atoms with E-state index in [-0.39, 0.29) is 0 Å². The maximum absolute atomic E-state index is 6.82. The number of aromatic nitrogens is 3. The summed E-state index contributed by atoms with van der Waals surface area (Å²) in [5, 5.41) is 0. The molecule has 0 aliphatic rings. The lowest BCUT2D eigenvalue weighted by molar-refractivity contribution is 0.483. The van der Waals surface area contributed by atoms with Crippen LogP contribution in [-0.2, 0) is 0 Å². The lowest BCUT2D eigenvalue weighted by Crippen LogP contribution is -2.11. The number of rotatable bonds is 9. The summed E-state index contributed by atoms with van der Waals surface area (Å²) in [6, 6.07) is 48.6. The Morgan fingerprint density at radius 2 is 1.05 bits per heavy atom. The fraction of sp³-hybridized carbons (Fsp3) is 0.120. The van der Waals surface area contributed by atoms with Gasteiger partial charge in [0, 0.05) is 29.7 Å². The first-order valence-corrected chi connectivity index (χ1v) is 18.7. The summed E-state index contributed by atoms with van der Waals surface area (Å²) < 4.78 is 8.94. The van der Waals surface area contributed by atoms with Gasteiger partial charge in [-0.15, -0.1) is 0 Å². The molecule has 55 heavy (non-hydrogen) atoms. The van der Waals surface area contributed by atoms with E-state index in [2.05, 4.69) is 179 Å². The van der Waals surface area contributed by atoms with Crippen molar-refractivity contribution >= 4 is 17.2 Å². The van der Waals surface area contributed by atoms with Crippen molar-refractivity contribution < 1.29 is 4.74 Å². The Hall–Kier alpha value is -6.72.